The van der Waals surface area contributed by atoms with Crippen molar-refractivity contribution in [3.05, 3.63) is 70.8 Å². The van der Waals surface area contributed by atoms with Crippen molar-refractivity contribution in [2.24, 2.45) is 5.73 Å². The maximum Gasteiger partial charge on any atom is 0.129 e. The van der Waals surface area contributed by atoms with E-state index in [0.29, 0.717) is 12.0 Å². The first-order chi connectivity index (χ1) is 9.56. The van der Waals surface area contributed by atoms with Crippen LogP contribution in [0.2, 0.25) is 0 Å². The molecule has 0 saturated carbocycles. The molecule has 0 amide bonds. The van der Waals surface area contributed by atoms with Gasteiger partial charge < -0.3 is 5.73 Å². The Morgan fingerprint density at radius 1 is 1.05 bits per heavy atom. The van der Waals surface area contributed by atoms with Crippen molar-refractivity contribution in [3.8, 4) is 0 Å². The summed E-state index contributed by atoms with van der Waals surface area (Å²) in [5.74, 6) is -1.06. The van der Waals surface area contributed by atoms with Crippen LogP contribution < -0.4 is 5.73 Å². The van der Waals surface area contributed by atoms with E-state index < -0.39 is 17.2 Å². The highest BCUT2D eigenvalue weighted by Crippen LogP contribution is 2.30. The third-order valence-electron chi connectivity index (χ3n) is 4.11. The highest BCUT2D eigenvalue weighted by Gasteiger charge is 2.31. The van der Waals surface area contributed by atoms with Gasteiger partial charge in [-0.15, -0.1) is 0 Å². The molecule has 0 fully saturated rings. The molecule has 3 heteroatoms. The lowest BCUT2D eigenvalue weighted by Gasteiger charge is -2.35. The molecule has 3 rings (SSSR count). The predicted molar refractivity (Wildman–Crippen MR) is 75.4 cm³/mol. The standard InChI is InChI=1S/C17H17F2N/c18-15-6-5-14(16(19)9-15)11-17(20)8-7-12-3-1-2-4-13(12)10-17/h1-6,9H,7-8,10-11,20H2. The van der Waals surface area contributed by atoms with Crippen LogP contribution in [0.4, 0.5) is 8.78 Å². The lowest BCUT2D eigenvalue weighted by atomic mass is 9.75. The van der Waals surface area contributed by atoms with Crippen LogP contribution in [0, 0.1) is 11.6 Å². The van der Waals surface area contributed by atoms with Crippen LogP contribution in [0.3, 0.4) is 0 Å². The molecule has 0 aliphatic heterocycles. The van der Waals surface area contributed by atoms with E-state index in [2.05, 4.69) is 12.1 Å². The molecule has 20 heavy (non-hydrogen) atoms. The quantitative estimate of drug-likeness (QED) is 0.891. The zero-order chi connectivity index (χ0) is 14.2. The van der Waals surface area contributed by atoms with Crippen LogP contribution in [0.25, 0.3) is 0 Å². The lowest BCUT2D eigenvalue weighted by Crippen LogP contribution is -2.47. The Labute approximate surface area is 117 Å². The number of hydrogen-bond donors (Lipinski definition) is 1. The van der Waals surface area contributed by atoms with Crippen molar-refractivity contribution in [1.29, 1.82) is 0 Å². The maximum absolute atomic E-state index is 13.8. The van der Waals surface area contributed by atoms with Gasteiger partial charge in [-0.25, -0.2) is 8.78 Å². The molecular weight excluding hydrogens is 256 g/mol. The number of aryl methyl sites for hydroxylation is 1. The van der Waals surface area contributed by atoms with Gasteiger partial charge in [-0.1, -0.05) is 30.3 Å². The van der Waals surface area contributed by atoms with Crippen molar-refractivity contribution in [2.75, 3.05) is 0 Å². The molecule has 0 bridgehead atoms. The molecule has 2 aromatic rings. The molecule has 1 nitrogen and oxygen atoms in total. The van der Waals surface area contributed by atoms with Gasteiger partial charge in [-0.3, -0.25) is 0 Å². The second-order valence-electron chi connectivity index (χ2n) is 5.72. The van der Waals surface area contributed by atoms with Gasteiger partial charge in [0.2, 0.25) is 0 Å². The minimum Gasteiger partial charge on any atom is -0.324 e. The average Bonchev–Trinajstić information content (AvgIpc) is 2.42. The van der Waals surface area contributed by atoms with Gasteiger partial charge >= 0.3 is 0 Å². The third kappa shape index (κ3) is 2.59. The Bertz CT molecular complexity index is 639. The van der Waals surface area contributed by atoms with Gasteiger partial charge in [0.05, 0.1) is 0 Å². The second-order valence-corrected chi connectivity index (χ2v) is 5.72. The van der Waals surface area contributed by atoms with E-state index in [1.165, 1.54) is 23.3 Å². The lowest BCUT2D eigenvalue weighted by molar-refractivity contribution is 0.363. The van der Waals surface area contributed by atoms with Crippen molar-refractivity contribution in [2.45, 2.75) is 31.2 Å². The van der Waals surface area contributed by atoms with Crippen molar-refractivity contribution in [1.82, 2.24) is 0 Å². The van der Waals surface area contributed by atoms with Gasteiger partial charge in [-0.2, -0.15) is 0 Å². The molecule has 0 saturated heterocycles. The van der Waals surface area contributed by atoms with E-state index in [-0.39, 0.29) is 0 Å². The minimum absolute atomic E-state index is 0.438. The molecule has 1 aliphatic rings. The summed E-state index contributed by atoms with van der Waals surface area (Å²) < 4.78 is 26.7. The maximum atomic E-state index is 13.8. The summed E-state index contributed by atoms with van der Waals surface area (Å²) >= 11 is 0. The molecule has 104 valence electrons. The molecule has 0 radical (unpaired) electrons. The summed E-state index contributed by atoms with van der Waals surface area (Å²) in [7, 11) is 0. The summed E-state index contributed by atoms with van der Waals surface area (Å²) in [6.45, 7) is 0. The number of nitrogens with two attached hydrogens (primary N) is 1. The summed E-state index contributed by atoms with van der Waals surface area (Å²) in [4.78, 5) is 0. The number of benzene rings is 2. The Morgan fingerprint density at radius 3 is 2.55 bits per heavy atom. The number of halogens is 2. The van der Waals surface area contributed by atoms with Crippen LogP contribution >= 0.6 is 0 Å². The van der Waals surface area contributed by atoms with E-state index >= 15 is 0 Å². The zero-order valence-corrected chi connectivity index (χ0v) is 11.2. The fourth-order valence-electron chi connectivity index (χ4n) is 3.02. The van der Waals surface area contributed by atoms with Crippen LogP contribution in [0.1, 0.15) is 23.1 Å². The summed E-state index contributed by atoms with van der Waals surface area (Å²) in [5.41, 5.74) is 9.06. The highest BCUT2D eigenvalue weighted by atomic mass is 19.1. The Hall–Kier alpha value is -1.74. The summed E-state index contributed by atoms with van der Waals surface area (Å²) in [5, 5.41) is 0. The van der Waals surface area contributed by atoms with Crippen LogP contribution in [0.5, 0.6) is 0 Å². The molecule has 0 aromatic heterocycles. The van der Waals surface area contributed by atoms with E-state index in [9.17, 15) is 8.78 Å². The fraction of sp³-hybridized carbons (Fsp3) is 0.294. The average molecular weight is 273 g/mol. The first-order valence-corrected chi connectivity index (χ1v) is 6.85. The fourth-order valence-corrected chi connectivity index (χ4v) is 3.02. The molecule has 1 atom stereocenters. The number of hydrogen-bond acceptors (Lipinski definition) is 1. The van der Waals surface area contributed by atoms with Crippen molar-refractivity contribution >= 4 is 0 Å². The molecule has 1 aliphatic carbocycles. The van der Waals surface area contributed by atoms with Gasteiger partial charge in [0.1, 0.15) is 11.6 Å². The molecule has 2 aromatic carbocycles. The van der Waals surface area contributed by atoms with E-state index in [0.717, 1.165) is 25.3 Å². The first-order valence-electron chi connectivity index (χ1n) is 6.85. The molecule has 0 spiro atoms. The Balaban J connectivity index is 1.84. The molecule has 0 heterocycles. The van der Waals surface area contributed by atoms with Gasteiger partial charge in [0.25, 0.3) is 0 Å². The number of rotatable bonds is 2. The normalized spacial score (nSPS) is 21.6. The Morgan fingerprint density at radius 2 is 1.80 bits per heavy atom. The topological polar surface area (TPSA) is 26.0 Å². The van der Waals surface area contributed by atoms with E-state index in [1.54, 1.807) is 0 Å². The highest BCUT2D eigenvalue weighted by molar-refractivity contribution is 5.33. The van der Waals surface area contributed by atoms with Crippen molar-refractivity contribution < 1.29 is 8.78 Å². The van der Waals surface area contributed by atoms with Crippen LogP contribution in [0.15, 0.2) is 42.5 Å². The van der Waals surface area contributed by atoms with E-state index in [1.807, 2.05) is 12.1 Å². The SMILES string of the molecule is NC1(Cc2ccc(F)cc2F)CCc2ccccc2C1. The monoisotopic (exact) mass is 273 g/mol. The molecule has 1 unspecified atom stereocenters. The largest absolute Gasteiger partial charge is 0.324 e. The summed E-state index contributed by atoms with van der Waals surface area (Å²) in [6.07, 6.45) is 2.91. The molecular formula is C17H17F2N. The van der Waals surface area contributed by atoms with Crippen LogP contribution in [-0.4, -0.2) is 5.54 Å². The van der Waals surface area contributed by atoms with Gasteiger partial charge in [0, 0.05) is 11.6 Å². The molecule has 2 N–H and O–H groups in total. The number of fused-ring (bicyclic) bond motifs is 1. The minimum atomic E-state index is -0.550. The van der Waals surface area contributed by atoms with Crippen molar-refractivity contribution in [3.63, 3.8) is 0 Å². The summed E-state index contributed by atoms with van der Waals surface area (Å²) in [6, 6.07) is 11.9. The van der Waals surface area contributed by atoms with Gasteiger partial charge in [0.15, 0.2) is 0 Å². The first kappa shape index (κ1) is 13.3. The third-order valence-corrected chi connectivity index (χ3v) is 4.11. The smallest absolute Gasteiger partial charge is 0.129 e. The van der Waals surface area contributed by atoms with E-state index in [4.69, 9.17) is 5.73 Å². The second kappa shape index (κ2) is 4.98. The zero-order valence-electron chi connectivity index (χ0n) is 11.2. The predicted octanol–water partition coefficient (Wildman–Crippen LogP) is 3.39. The van der Waals surface area contributed by atoms with Crippen LogP contribution in [-0.2, 0) is 19.3 Å². The van der Waals surface area contributed by atoms with Gasteiger partial charge in [-0.05, 0) is 48.4 Å². The Kier molecular flexibility index (Phi) is 3.30.